The van der Waals surface area contributed by atoms with Crippen LogP contribution in [-0.2, 0) is 9.53 Å². The molecule has 0 spiro atoms. The van der Waals surface area contributed by atoms with Crippen molar-refractivity contribution in [2.75, 3.05) is 13.2 Å². The number of alkyl halides is 1. The average molecular weight is 262 g/mol. The average Bonchev–Trinajstić information content (AvgIpc) is 2.58. The summed E-state index contributed by atoms with van der Waals surface area (Å²) >= 11 is 6.20. The molecule has 1 heterocycles. The molecule has 4 heteroatoms. The Morgan fingerprint density at radius 1 is 1.53 bits per heavy atom. The third kappa shape index (κ3) is 5.26. The maximum Gasteiger partial charge on any atom is 0.249 e. The Morgan fingerprint density at radius 2 is 2.18 bits per heavy atom. The topological polar surface area (TPSA) is 38.3 Å². The quantitative estimate of drug-likeness (QED) is 0.790. The molecule has 100 valence electrons. The second-order valence-electron chi connectivity index (χ2n) is 6.16. The molecule has 0 saturated carbocycles. The lowest BCUT2D eigenvalue weighted by molar-refractivity contribution is -0.131. The number of rotatable bonds is 4. The van der Waals surface area contributed by atoms with Gasteiger partial charge in [0, 0.05) is 13.2 Å². The first-order valence-corrected chi connectivity index (χ1v) is 6.76. The van der Waals surface area contributed by atoms with Gasteiger partial charge in [0.05, 0.1) is 5.38 Å². The molecule has 1 aliphatic heterocycles. The van der Waals surface area contributed by atoms with E-state index in [1.165, 1.54) is 0 Å². The fraction of sp³-hybridized carbons (Fsp3) is 0.923. The molecule has 0 aromatic carbocycles. The van der Waals surface area contributed by atoms with Crippen LogP contribution in [0.1, 0.15) is 40.5 Å². The van der Waals surface area contributed by atoms with Crippen LogP contribution < -0.4 is 5.32 Å². The van der Waals surface area contributed by atoms with Crippen LogP contribution in [0.25, 0.3) is 0 Å². The molecule has 0 bridgehead atoms. The molecule has 0 aromatic heterocycles. The third-order valence-corrected chi connectivity index (χ3v) is 3.29. The number of hydrogen-bond donors (Lipinski definition) is 1. The van der Waals surface area contributed by atoms with Crippen LogP contribution >= 0.6 is 11.6 Å². The molecule has 3 atom stereocenters. The number of hydrogen-bond acceptors (Lipinski definition) is 2. The molecule has 3 unspecified atom stereocenters. The van der Waals surface area contributed by atoms with E-state index in [0.717, 1.165) is 12.8 Å². The van der Waals surface area contributed by atoms with E-state index in [1.54, 1.807) is 0 Å². The van der Waals surface area contributed by atoms with E-state index in [9.17, 15) is 4.79 Å². The van der Waals surface area contributed by atoms with Crippen LogP contribution in [0.2, 0.25) is 0 Å². The van der Waals surface area contributed by atoms with Crippen LogP contribution in [0.3, 0.4) is 0 Å². The Bertz CT molecular complexity index is 263. The van der Waals surface area contributed by atoms with Crippen LogP contribution in [0.5, 0.6) is 0 Å². The minimum Gasteiger partial charge on any atom is -0.368 e. The van der Waals surface area contributed by atoms with Crippen LogP contribution in [0, 0.1) is 11.3 Å². The highest BCUT2D eigenvalue weighted by Gasteiger charge is 2.31. The predicted octanol–water partition coefficient (Wildman–Crippen LogP) is 2.57. The molecule has 3 nitrogen and oxygen atoms in total. The van der Waals surface area contributed by atoms with Gasteiger partial charge in [-0.05, 0) is 24.2 Å². The zero-order valence-corrected chi connectivity index (χ0v) is 12.0. The summed E-state index contributed by atoms with van der Waals surface area (Å²) < 4.78 is 5.41. The fourth-order valence-electron chi connectivity index (χ4n) is 2.08. The van der Waals surface area contributed by atoms with Gasteiger partial charge >= 0.3 is 0 Å². The Labute approximate surface area is 109 Å². The molecule has 1 amide bonds. The summed E-state index contributed by atoms with van der Waals surface area (Å²) in [6, 6.07) is 0. The maximum absolute atomic E-state index is 11.8. The Kier molecular flexibility index (Phi) is 5.26. The zero-order valence-electron chi connectivity index (χ0n) is 11.3. The first kappa shape index (κ1) is 14.8. The second-order valence-corrected chi connectivity index (χ2v) is 6.78. The minimum absolute atomic E-state index is 0.0179. The Morgan fingerprint density at radius 3 is 2.65 bits per heavy atom. The monoisotopic (exact) mass is 261 g/mol. The summed E-state index contributed by atoms with van der Waals surface area (Å²) in [6.07, 6.45) is 1.56. The highest BCUT2D eigenvalue weighted by atomic mass is 35.5. The van der Waals surface area contributed by atoms with E-state index < -0.39 is 0 Å². The van der Waals surface area contributed by atoms with Crippen molar-refractivity contribution in [3.05, 3.63) is 0 Å². The largest absolute Gasteiger partial charge is 0.368 e. The van der Waals surface area contributed by atoms with E-state index in [2.05, 4.69) is 26.1 Å². The van der Waals surface area contributed by atoms with E-state index in [-0.39, 0.29) is 22.8 Å². The van der Waals surface area contributed by atoms with Crippen molar-refractivity contribution in [3.8, 4) is 0 Å². The first-order valence-electron chi connectivity index (χ1n) is 6.33. The number of nitrogens with one attached hydrogen (secondary N) is 1. The summed E-state index contributed by atoms with van der Waals surface area (Å²) in [6.45, 7) is 9.69. The number of carbonyl (C=O) groups is 1. The smallest absolute Gasteiger partial charge is 0.249 e. The van der Waals surface area contributed by atoms with Gasteiger partial charge in [0.15, 0.2) is 0 Å². The van der Waals surface area contributed by atoms with Gasteiger partial charge in [0.1, 0.15) is 6.10 Å². The zero-order chi connectivity index (χ0) is 13.1. The second kappa shape index (κ2) is 6.05. The minimum atomic E-state index is -0.284. The lowest BCUT2D eigenvalue weighted by atomic mass is 9.90. The molecular weight excluding hydrogens is 238 g/mol. The maximum atomic E-state index is 11.8. The predicted molar refractivity (Wildman–Crippen MR) is 70.2 cm³/mol. The summed E-state index contributed by atoms with van der Waals surface area (Å²) in [5.74, 6) is 0.293. The van der Waals surface area contributed by atoms with Gasteiger partial charge in [-0.25, -0.2) is 0 Å². The van der Waals surface area contributed by atoms with Gasteiger partial charge in [-0.3, -0.25) is 4.79 Å². The van der Waals surface area contributed by atoms with Gasteiger partial charge in [0.25, 0.3) is 0 Å². The van der Waals surface area contributed by atoms with Gasteiger partial charge in [0.2, 0.25) is 5.91 Å². The molecule has 1 fully saturated rings. The van der Waals surface area contributed by atoms with Crippen LogP contribution in [0.15, 0.2) is 0 Å². The molecule has 17 heavy (non-hydrogen) atoms. The molecule has 1 saturated heterocycles. The van der Waals surface area contributed by atoms with Crippen molar-refractivity contribution < 1.29 is 9.53 Å². The van der Waals surface area contributed by atoms with Crippen molar-refractivity contribution in [1.29, 1.82) is 0 Å². The van der Waals surface area contributed by atoms with Crippen molar-refractivity contribution in [3.63, 3.8) is 0 Å². The number of carbonyl (C=O) groups excluding carboxylic acids is 1. The van der Waals surface area contributed by atoms with Crippen LogP contribution in [0.4, 0.5) is 0 Å². The number of ether oxygens (including phenoxy) is 1. The summed E-state index contributed by atoms with van der Waals surface area (Å²) in [5, 5.41) is 2.86. The van der Waals surface area contributed by atoms with Crippen molar-refractivity contribution in [2.45, 2.75) is 52.0 Å². The highest BCUT2D eigenvalue weighted by molar-refractivity contribution is 6.20. The summed E-state index contributed by atoms with van der Waals surface area (Å²) in [5.41, 5.74) is 0.189. The first-order chi connectivity index (χ1) is 7.79. The lowest BCUT2D eigenvalue weighted by Gasteiger charge is -2.22. The Balaban J connectivity index is 2.28. The summed E-state index contributed by atoms with van der Waals surface area (Å²) in [7, 11) is 0. The number of halogens is 1. The number of amides is 1. The van der Waals surface area contributed by atoms with Gasteiger partial charge in [-0.15, -0.1) is 11.6 Å². The molecule has 1 rings (SSSR count). The third-order valence-electron chi connectivity index (χ3n) is 2.98. The molecule has 1 aliphatic rings. The fourth-order valence-corrected chi connectivity index (χ4v) is 2.62. The van der Waals surface area contributed by atoms with Gasteiger partial charge in [-0.1, -0.05) is 27.7 Å². The van der Waals surface area contributed by atoms with Crippen molar-refractivity contribution in [1.82, 2.24) is 5.32 Å². The van der Waals surface area contributed by atoms with E-state index >= 15 is 0 Å². The SMILES string of the molecule is CC1CCOC1C(=O)NCC(Cl)CC(C)(C)C. The van der Waals surface area contributed by atoms with Crippen LogP contribution in [-0.4, -0.2) is 30.5 Å². The lowest BCUT2D eigenvalue weighted by Crippen LogP contribution is -2.40. The molecular formula is C13H24ClNO2. The molecule has 1 N–H and O–H groups in total. The Hall–Kier alpha value is -0.280. The van der Waals surface area contributed by atoms with E-state index in [1.807, 2.05) is 6.92 Å². The molecule has 0 aromatic rings. The van der Waals surface area contributed by atoms with Crippen molar-refractivity contribution >= 4 is 17.5 Å². The summed E-state index contributed by atoms with van der Waals surface area (Å²) in [4.78, 5) is 11.8. The highest BCUT2D eigenvalue weighted by Crippen LogP contribution is 2.23. The normalized spacial score (nSPS) is 26.9. The van der Waals surface area contributed by atoms with E-state index in [4.69, 9.17) is 16.3 Å². The molecule has 0 aliphatic carbocycles. The van der Waals surface area contributed by atoms with Gasteiger partial charge < -0.3 is 10.1 Å². The van der Waals surface area contributed by atoms with E-state index in [0.29, 0.717) is 19.1 Å². The van der Waals surface area contributed by atoms with Gasteiger partial charge in [-0.2, -0.15) is 0 Å². The standard InChI is InChI=1S/C13H24ClNO2/c1-9-5-6-17-11(9)12(16)15-8-10(14)7-13(2,3)4/h9-11H,5-8H2,1-4H3,(H,15,16). The van der Waals surface area contributed by atoms with Crippen molar-refractivity contribution in [2.24, 2.45) is 11.3 Å². The molecule has 0 radical (unpaired) electrons.